The van der Waals surface area contributed by atoms with Crippen molar-refractivity contribution >= 4 is 23.6 Å². The van der Waals surface area contributed by atoms with Crippen LogP contribution in [0.5, 0.6) is 0 Å². The lowest BCUT2D eigenvalue weighted by Crippen LogP contribution is -2.57. The highest BCUT2D eigenvalue weighted by atomic mass is 16.7. The number of ether oxygens (including phenoxy) is 4. The van der Waals surface area contributed by atoms with Gasteiger partial charge in [0.25, 0.3) is 0 Å². The van der Waals surface area contributed by atoms with E-state index in [1.54, 1.807) is 6.92 Å². The van der Waals surface area contributed by atoms with Crippen LogP contribution in [0, 0.1) is 0 Å². The summed E-state index contributed by atoms with van der Waals surface area (Å²) in [6.07, 6.45) is -12.5. The molecular formula is C27H49N5O14. The van der Waals surface area contributed by atoms with Crippen molar-refractivity contribution in [3.63, 3.8) is 0 Å². The Morgan fingerprint density at radius 1 is 0.587 bits per heavy atom. The van der Waals surface area contributed by atoms with Crippen molar-refractivity contribution in [3.8, 4) is 0 Å². The molecule has 0 aromatic rings. The molecule has 266 valence electrons. The number of amides is 4. The summed E-state index contributed by atoms with van der Waals surface area (Å²) in [5, 5.41) is 69.6. The van der Waals surface area contributed by atoms with Gasteiger partial charge in [0.2, 0.25) is 23.6 Å². The van der Waals surface area contributed by atoms with Gasteiger partial charge < -0.3 is 70.9 Å². The van der Waals surface area contributed by atoms with Gasteiger partial charge in [-0.15, -0.1) is 0 Å². The summed E-state index contributed by atoms with van der Waals surface area (Å²) >= 11 is 0. The fourth-order valence-corrected chi connectivity index (χ4v) is 4.58. The highest BCUT2D eigenvalue weighted by Gasteiger charge is 2.43. The molecule has 10 atom stereocenters. The molecule has 2 rings (SSSR count). The van der Waals surface area contributed by atoms with Gasteiger partial charge in [-0.1, -0.05) is 0 Å². The number of hydrogen-bond donors (Lipinski definition) is 10. The maximum Gasteiger partial charge on any atom is 0.234 e. The maximum absolute atomic E-state index is 12.6. The quantitative estimate of drug-likeness (QED) is 0.0609. The largest absolute Gasteiger partial charge is 0.388 e. The molecule has 0 aromatic heterocycles. The third kappa shape index (κ3) is 12.9. The van der Waals surface area contributed by atoms with E-state index in [9.17, 15) is 49.8 Å². The third-order valence-electron chi connectivity index (χ3n) is 7.18. The molecule has 0 saturated carbocycles. The molecule has 46 heavy (non-hydrogen) atoms. The molecular weight excluding hydrogens is 618 g/mol. The summed E-state index contributed by atoms with van der Waals surface area (Å²) in [5.74, 6) is -1.92. The van der Waals surface area contributed by atoms with Crippen molar-refractivity contribution in [3.05, 3.63) is 0 Å². The van der Waals surface area contributed by atoms with Crippen LogP contribution in [0.3, 0.4) is 0 Å². The molecule has 2 aliphatic rings. The van der Waals surface area contributed by atoms with Crippen LogP contribution in [0.15, 0.2) is 0 Å². The fourth-order valence-electron chi connectivity index (χ4n) is 4.58. The first kappa shape index (κ1) is 39.6. The number of carbonyl (C=O) groups excluding carboxylic acids is 4. The maximum atomic E-state index is 12.6. The average molecular weight is 668 g/mol. The van der Waals surface area contributed by atoms with Gasteiger partial charge in [-0.2, -0.15) is 0 Å². The van der Waals surface area contributed by atoms with Crippen molar-refractivity contribution in [1.29, 1.82) is 0 Å². The van der Waals surface area contributed by atoms with Crippen molar-refractivity contribution in [2.75, 3.05) is 59.0 Å². The van der Waals surface area contributed by atoms with Crippen LogP contribution in [0.4, 0.5) is 0 Å². The SMILES string of the molecule is CCNC(=O)CCNC(=O)CN(CC(=O)NCCO[C@@H]1O[C@@H](C)[C@@H](O)[C@@H](O)[C@@H]1O)CC(=O)NCCO[C@@H]1O[C@@H](C)[C@@H](O)[C@@H](O)[C@@H]1O. The molecule has 0 spiro atoms. The molecule has 19 heteroatoms. The van der Waals surface area contributed by atoms with Crippen LogP contribution < -0.4 is 21.3 Å². The number of aliphatic hydroxyl groups excluding tert-OH is 6. The molecule has 0 radical (unpaired) electrons. The Kier molecular flexibility index (Phi) is 17.2. The molecule has 0 aliphatic carbocycles. The van der Waals surface area contributed by atoms with Gasteiger partial charge in [0.05, 0.1) is 45.1 Å². The number of aliphatic hydroxyl groups is 6. The summed E-state index contributed by atoms with van der Waals surface area (Å²) in [6, 6.07) is 0. The van der Waals surface area contributed by atoms with Crippen LogP contribution in [0.2, 0.25) is 0 Å². The average Bonchev–Trinajstić information content (AvgIpc) is 3.00. The lowest BCUT2D eigenvalue weighted by Gasteiger charge is -2.38. The van der Waals surface area contributed by atoms with Gasteiger partial charge in [0, 0.05) is 32.6 Å². The topological polar surface area (TPSA) is 278 Å². The number of carbonyl (C=O) groups is 4. The van der Waals surface area contributed by atoms with Gasteiger partial charge in [-0.05, 0) is 20.8 Å². The van der Waals surface area contributed by atoms with E-state index >= 15 is 0 Å². The number of nitrogens with zero attached hydrogens (tertiary/aromatic N) is 1. The molecule has 10 N–H and O–H groups in total. The number of hydrogen-bond acceptors (Lipinski definition) is 15. The highest BCUT2D eigenvalue weighted by Crippen LogP contribution is 2.22. The predicted molar refractivity (Wildman–Crippen MR) is 155 cm³/mol. The van der Waals surface area contributed by atoms with Gasteiger partial charge in [-0.3, -0.25) is 24.1 Å². The highest BCUT2D eigenvalue weighted by molar-refractivity contribution is 5.84. The molecule has 2 heterocycles. The van der Waals surface area contributed by atoms with Gasteiger partial charge >= 0.3 is 0 Å². The van der Waals surface area contributed by atoms with Gasteiger partial charge in [0.15, 0.2) is 12.6 Å². The summed E-state index contributed by atoms with van der Waals surface area (Å²) in [7, 11) is 0. The predicted octanol–water partition coefficient (Wildman–Crippen LogP) is -6.15. The van der Waals surface area contributed by atoms with Crippen LogP contribution in [0.1, 0.15) is 27.2 Å². The molecule has 2 fully saturated rings. The summed E-state index contributed by atoms with van der Waals surface area (Å²) in [4.78, 5) is 50.6. The molecule has 4 amide bonds. The normalized spacial score (nSPS) is 31.3. The minimum Gasteiger partial charge on any atom is -0.388 e. The van der Waals surface area contributed by atoms with Crippen molar-refractivity contribution < 1.29 is 68.8 Å². The first-order valence-electron chi connectivity index (χ1n) is 15.2. The zero-order chi connectivity index (χ0) is 34.4. The molecule has 2 saturated heterocycles. The van der Waals surface area contributed by atoms with E-state index in [2.05, 4.69) is 21.3 Å². The monoisotopic (exact) mass is 667 g/mol. The number of rotatable bonds is 18. The van der Waals surface area contributed by atoms with E-state index in [0.29, 0.717) is 6.54 Å². The Bertz CT molecular complexity index is 923. The first-order valence-corrected chi connectivity index (χ1v) is 15.2. The molecule has 2 aliphatic heterocycles. The van der Waals surface area contributed by atoms with Gasteiger partial charge in [-0.25, -0.2) is 0 Å². The zero-order valence-corrected chi connectivity index (χ0v) is 26.2. The van der Waals surface area contributed by atoms with E-state index in [-0.39, 0.29) is 64.8 Å². The standard InChI is InChI=1S/C27H49N5O14/c1-4-28-16(33)5-6-29-17(34)11-32(12-18(35)30-7-9-43-26-24(41)22(39)20(37)14(2)45-26)13-19(36)31-8-10-44-27-25(42)23(40)21(38)15(3)46-27/h14-15,20-27,37-42H,4-13H2,1-3H3,(H,28,33)(H,29,34)(H,30,35)(H,31,36)/t14-,15-,20+,21+,22+,23+,24-,25-,26+,27+/m0/s1. The van der Waals surface area contributed by atoms with E-state index in [1.165, 1.54) is 18.7 Å². The van der Waals surface area contributed by atoms with E-state index < -0.39 is 79.1 Å². The second-order valence-electron chi connectivity index (χ2n) is 11.0. The van der Waals surface area contributed by atoms with Crippen LogP contribution in [-0.2, 0) is 38.1 Å². The van der Waals surface area contributed by atoms with E-state index in [0.717, 1.165) is 0 Å². The molecule has 0 aromatic carbocycles. The van der Waals surface area contributed by atoms with Crippen LogP contribution in [0.25, 0.3) is 0 Å². The second-order valence-corrected chi connectivity index (χ2v) is 11.0. The molecule has 0 unspecified atom stereocenters. The lowest BCUT2D eigenvalue weighted by molar-refractivity contribution is -0.292. The number of nitrogens with one attached hydrogen (secondary N) is 4. The first-order chi connectivity index (χ1) is 21.7. The van der Waals surface area contributed by atoms with Crippen molar-refractivity contribution in [2.45, 2.75) is 88.6 Å². The van der Waals surface area contributed by atoms with Crippen LogP contribution in [-0.4, -0.2) is 180 Å². The second kappa shape index (κ2) is 20.0. The fraction of sp³-hybridized carbons (Fsp3) is 0.852. The molecule has 19 nitrogen and oxygen atoms in total. The Morgan fingerprint density at radius 2 is 0.978 bits per heavy atom. The van der Waals surface area contributed by atoms with Gasteiger partial charge in [0.1, 0.15) is 36.6 Å². The minimum absolute atomic E-state index is 0.0445. The minimum atomic E-state index is -1.50. The van der Waals surface area contributed by atoms with E-state index in [4.69, 9.17) is 18.9 Å². The van der Waals surface area contributed by atoms with Crippen LogP contribution >= 0.6 is 0 Å². The zero-order valence-electron chi connectivity index (χ0n) is 26.2. The Hall–Kier alpha value is -2.56. The summed E-state index contributed by atoms with van der Waals surface area (Å²) in [5.41, 5.74) is 0. The summed E-state index contributed by atoms with van der Waals surface area (Å²) < 4.78 is 21.4. The van der Waals surface area contributed by atoms with Crippen molar-refractivity contribution in [1.82, 2.24) is 26.2 Å². The van der Waals surface area contributed by atoms with Crippen molar-refractivity contribution in [2.24, 2.45) is 0 Å². The van der Waals surface area contributed by atoms with E-state index in [1.807, 2.05) is 0 Å². The lowest BCUT2D eigenvalue weighted by atomic mass is 10.0. The smallest absolute Gasteiger partial charge is 0.234 e. The Morgan fingerprint density at radius 3 is 1.37 bits per heavy atom. The Balaban J connectivity index is 1.83. The Labute approximate surface area is 266 Å². The third-order valence-corrected chi connectivity index (χ3v) is 7.18. The molecule has 0 bridgehead atoms. The summed E-state index contributed by atoms with van der Waals surface area (Å²) in [6.45, 7) is 3.79.